The number of ether oxygens (including phenoxy) is 1. The molecule has 88 valence electrons. The molecular weight excluding hydrogens is 213 g/mol. The molecule has 16 heavy (non-hydrogen) atoms. The molecule has 0 unspecified atom stereocenters. The lowest BCUT2D eigenvalue weighted by molar-refractivity contribution is 0.122. The monoisotopic (exact) mass is 227 g/mol. The summed E-state index contributed by atoms with van der Waals surface area (Å²) in [5.74, 6) is 0.255. The molecule has 1 aromatic heterocycles. The maximum absolute atomic E-state index is 13.5. The van der Waals surface area contributed by atoms with Gasteiger partial charge in [0.15, 0.2) is 11.6 Å². The number of morpholine rings is 1. The molecule has 0 bridgehead atoms. The molecule has 7 heteroatoms. The summed E-state index contributed by atoms with van der Waals surface area (Å²) in [5, 5.41) is 0. The van der Waals surface area contributed by atoms with Crippen molar-refractivity contribution in [2.24, 2.45) is 0 Å². The molecule has 0 amide bonds. The van der Waals surface area contributed by atoms with E-state index in [1.165, 1.54) is 0 Å². The number of hydrazine groups is 1. The Bertz CT molecular complexity index is 356. The van der Waals surface area contributed by atoms with Crippen molar-refractivity contribution in [1.82, 2.24) is 15.4 Å². The molecule has 2 heterocycles. The molecule has 1 aliphatic heterocycles. The van der Waals surface area contributed by atoms with Gasteiger partial charge in [-0.2, -0.15) is 4.98 Å². The van der Waals surface area contributed by atoms with Crippen LogP contribution >= 0.6 is 0 Å². The van der Waals surface area contributed by atoms with Crippen molar-refractivity contribution >= 4 is 11.8 Å². The summed E-state index contributed by atoms with van der Waals surface area (Å²) >= 11 is 0. The predicted octanol–water partition coefficient (Wildman–Crippen LogP) is -0.00140. The molecule has 1 aliphatic rings. The van der Waals surface area contributed by atoms with Crippen LogP contribution in [0.15, 0.2) is 6.20 Å². The van der Waals surface area contributed by atoms with E-state index in [0.29, 0.717) is 38.1 Å². The lowest BCUT2D eigenvalue weighted by Crippen LogP contribution is -2.37. The Morgan fingerprint density at radius 3 is 2.88 bits per heavy atom. The number of anilines is 2. The van der Waals surface area contributed by atoms with Crippen LogP contribution in [0.4, 0.5) is 16.2 Å². The molecule has 0 radical (unpaired) electrons. The normalized spacial score (nSPS) is 16.2. The first-order valence-corrected chi connectivity index (χ1v) is 5.09. The second-order valence-corrected chi connectivity index (χ2v) is 3.34. The molecule has 2 N–H and O–H groups in total. The van der Waals surface area contributed by atoms with Gasteiger partial charge >= 0.3 is 0 Å². The number of hydrogen-bond acceptors (Lipinski definition) is 6. The number of nitrogens with one attached hydrogen (secondary N) is 2. The standard InChI is InChI=1S/C9H14FN5O/c1-11-14-9-12-6-7(10)8(13-9)15-2-4-16-5-3-15/h6,11H,2-5H2,1H3,(H,12,13,14). The third-order valence-electron chi connectivity index (χ3n) is 2.27. The zero-order valence-electron chi connectivity index (χ0n) is 9.03. The molecule has 2 rings (SSSR count). The molecule has 1 saturated heterocycles. The number of halogens is 1. The van der Waals surface area contributed by atoms with Crippen LogP contribution in [0, 0.1) is 5.82 Å². The maximum atomic E-state index is 13.5. The highest BCUT2D eigenvalue weighted by atomic mass is 19.1. The summed E-state index contributed by atoms with van der Waals surface area (Å²) in [4.78, 5) is 9.75. The Balaban J connectivity index is 2.19. The van der Waals surface area contributed by atoms with Gasteiger partial charge in [-0.1, -0.05) is 0 Å². The molecule has 1 fully saturated rings. The number of rotatable bonds is 3. The highest BCUT2D eigenvalue weighted by Crippen LogP contribution is 2.17. The Kier molecular flexibility index (Phi) is 3.47. The van der Waals surface area contributed by atoms with Crippen LogP contribution in [0.3, 0.4) is 0 Å². The van der Waals surface area contributed by atoms with E-state index in [1.807, 2.05) is 4.90 Å². The van der Waals surface area contributed by atoms with E-state index in [0.717, 1.165) is 6.20 Å². The van der Waals surface area contributed by atoms with Gasteiger partial charge in [0, 0.05) is 20.1 Å². The minimum atomic E-state index is -0.413. The van der Waals surface area contributed by atoms with Crippen LogP contribution < -0.4 is 15.8 Å². The average molecular weight is 227 g/mol. The minimum Gasteiger partial charge on any atom is -0.378 e. The molecule has 0 aliphatic carbocycles. The van der Waals surface area contributed by atoms with Gasteiger partial charge in [-0.15, -0.1) is 0 Å². The van der Waals surface area contributed by atoms with E-state index in [1.54, 1.807) is 7.05 Å². The summed E-state index contributed by atoms with van der Waals surface area (Å²) in [5.41, 5.74) is 5.41. The van der Waals surface area contributed by atoms with Gasteiger partial charge < -0.3 is 9.64 Å². The molecule has 0 atom stereocenters. The third kappa shape index (κ3) is 2.37. The van der Waals surface area contributed by atoms with Gasteiger partial charge in [-0.05, 0) is 0 Å². The number of aromatic nitrogens is 2. The van der Waals surface area contributed by atoms with E-state index in [2.05, 4.69) is 20.8 Å². The second-order valence-electron chi connectivity index (χ2n) is 3.34. The van der Waals surface area contributed by atoms with E-state index in [4.69, 9.17) is 4.74 Å². The lowest BCUT2D eigenvalue weighted by atomic mass is 10.4. The highest BCUT2D eigenvalue weighted by molar-refractivity contribution is 5.43. The first kappa shape index (κ1) is 11.0. The number of nitrogens with zero attached hydrogens (tertiary/aromatic N) is 3. The Morgan fingerprint density at radius 1 is 1.44 bits per heavy atom. The molecule has 6 nitrogen and oxygen atoms in total. The maximum Gasteiger partial charge on any atom is 0.239 e. The smallest absolute Gasteiger partial charge is 0.239 e. The molecule has 0 aromatic carbocycles. The van der Waals surface area contributed by atoms with Crippen LogP contribution in [0.5, 0.6) is 0 Å². The fourth-order valence-corrected chi connectivity index (χ4v) is 1.53. The van der Waals surface area contributed by atoms with E-state index in [9.17, 15) is 4.39 Å². The van der Waals surface area contributed by atoms with E-state index < -0.39 is 5.82 Å². The minimum absolute atomic E-state index is 0.316. The first-order chi connectivity index (χ1) is 7.81. The summed E-state index contributed by atoms with van der Waals surface area (Å²) in [6.45, 7) is 2.48. The van der Waals surface area contributed by atoms with Gasteiger partial charge in [-0.25, -0.2) is 14.8 Å². The summed E-state index contributed by atoms with van der Waals surface area (Å²) in [6, 6.07) is 0. The lowest BCUT2D eigenvalue weighted by Gasteiger charge is -2.28. The second kappa shape index (κ2) is 5.04. The van der Waals surface area contributed by atoms with E-state index >= 15 is 0 Å². The van der Waals surface area contributed by atoms with Gasteiger partial charge in [0.2, 0.25) is 5.95 Å². The van der Waals surface area contributed by atoms with E-state index in [-0.39, 0.29) is 0 Å². The topological polar surface area (TPSA) is 62.3 Å². The van der Waals surface area contributed by atoms with Gasteiger partial charge in [0.1, 0.15) is 0 Å². The zero-order chi connectivity index (χ0) is 11.4. The molecular formula is C9H14FN5O. The molecule has 0 spiro atoms. The van der Waals surface area contributed by atoms with Crippen molar-refractivity contribution in [1.29, 1.82) is 0 Å². The van der Waals surface area contributed by atoms with Crippen molar-refractivity contribution in [3.63, 3.8) is 0 Å². The summed E-state index contributed by atoms with van der Waals surface area (Å²) in [6.07, 6.45) is 1.16. The average Bonchev–Trinajstić information content (AvgIpc) is 2.33. The largest absolute Gasteiger partial charge is 0.378 e. The zero-order valence-corrected chi connectivity index (χ0v) is 9.03. The Labute approximate surface area is 92.8 Å². The summed E-state index contributed by atoms with van der Waals surface area (Å²) in [7, 11) is 1.70. The third-order valence-corrected chi connectivity index (χ3v) is 2.27. The highest BCUT2D eigenvalue weighted by Gasteiger charge is 2.17. The first-order valence-electron chi connectivity index (χ1n) is 5.09. The van der Waals surface area contributed by atoms with Crippen LogP contribution in [0.1, 0.15) is 0 Å². The van der Waals surface area contributed by atoms with Crippen LogP contribution in [0.2, 0.25) is 0 Å². The van der Waals surface area contributed by atoms with Crippen molar-refractivity contribution in [2.75, 3.05) is 43.7 Å². The number of hydrogen-bond donors (Lipinski definition) is 2. The van der Waals surface area contributed by atoms with Gasteiger partial charge in [0.05, 0.1) is 19.4 Å². The Morgan fingerprint density at radius 2 is 2.19 bits per heavy atom. The van der Waals surface area contributed by atoms with Crippen LogP contribution in [0.25, 0.3) is 0 Å². The fraction of sp³-hybridized carbons (Fsp3) is 0.556. The molecule has 1 aromatic rings. The van der Waals surface area contributed by atoms with Crippen molar-refractivity contribution in [3.05, 3.63) is 12.0 Å². The van der Waals surface area contributed by atoms with Crippen molar-refractivity contribution < 1.29 is 9.13 Å². The molecule has 0 saturated carbocycles. The van der Waals surface area contributed by atoms with Crippen molar-refractivity contribution in [2.45, 2.75) is 0 Å². The van der Waals surface area contributed by atoms with Crippen molar-refractivity contribution in [3.8, 4) is 0 Å². The Hall–Kier alpha value is -1.47. The quantitative estimate of drug-likeness (QED) is 0.709. The van der Waals surface area contributed by atoms with Crippen LogP contribution in [-0.4, -0.2) is 43.3 Å². The SMILES string of the molecule is CNNc1ncc(F)c(N2CCOCC2)n1. The predicted molar refractivity (Wildman–Crippen MR) is 57.7 cm³/mol. The van der Waals surface area contributed by atoms with Gasteiger partial charge in [0.25, 0.3) is 0 Å². The van der Waals surface area contributed by atoms with Crippen LogP contribution in [-0.2, 0) is 4.74 Å². The van der Waals surface area contributed by atoms with Gasteiger partial charge in [-0.3, -0.25) is 5.43 Å². The fourth-order valence-electron chi connectivity index (χ4n) is 1.53. The summed E-state index contributed by atoms with van der Waals surface area (Å²) < 4.78 is 18.7.